The van der Waals surface area contributed by atoms with Crippen LogP contribution in [0.3, 0.4) is 0 Å². The number of rotatable bonds is 5. The summed E-state index contributed by atoms with van der Waals surface area (Å²) in [6.07, 6.45) is 6.37. The third-order valence-corrected chi connectivity index (χ3v) is 5.11. The lowest BCUT2D eigenvalue weighted by Gasteiger charge is -2.35. The Morgan fingerprint density at radius 1 is 1.52 bits per heavy atom. The SMILES string of the molecule is CCON[C@@H]1CCCN(c2c(Cl)cccc2C=C2C=NCS2)C1. The van der Waals surface area contributed by atoms with Gasteiger partial charge >= 0.3 is 0 Å². The molecule has 23 heavy (non-hydrogen) atoms. The number of nitrogens with one attached hydrogen (secondary N) is 1. The molecule has 0 amide bonds. The maximum Gasteiger partial charge on any atom is 0.0891 e. The van der Waals surface area contributed by atoms with Gasteiger partial charge < -0.3 is 9.74 Å². The van der Waals surface area contributed by atoms with E-state index in [1.165, 1.54) is 4.91 Å². The Morgan fingerprint density at radius 2 is 2.43 bits per heavy atom. The number of allylic oxidation sites excluding steroid dienone is 1. The summed E-state index contributed by atoms with van der Waals surface area (Å²) in [6.45, 7) is 4.59. The van der Waals surface area contributed by atoms with Crippen LogP contribution in [0.2, 0.25) is 5.02 Å². The van der Waals surface area contributed by atoms with E-state index in [1.807, 2.05) is 25.3 Å². The second kappa shape index (κ2) is 8.20. The molecule has 0 aromatic heterocycles. The van der Waals surface area contributed by atoms with Crippen LogP contribution in [0.15, 0.2) is 28.1 Å². The summed E-state index contributed by atoms with van der Waals surface area (Å²) in [4.78, 5) is 13.2. The number of hydrogen-bond donors (Lipinski definition) is 1. The van der Waals surface area contributed by atoms with Crippen molar-refractivity contribution in [2.45, 2.75) is 25.8 Å². The van der Waals surface area contributed by atoms with E-state index in [9.17, 15) is 0 Å². The fraction of sp³-hybridized carbons (Fsp3) is 0.471. The van der Waals surface area contributed by atoms with E-state index in [4.69, 9.17) is 16.4 Å². The molecule has 1 aromatic carbocycles. The number of nitrogens with zero attached hydrogens (tertiary/aromatic N) is 2. The lowest BCUT2D eigenvalue weighted by Crippen LogP contribution is -2.46. The van der Waals surface area contributed by atoms with Gasteiger partial charge in [-0.05, 0) is 31.9 Å². The second-order valence-electron chi connectivity index (χ2n) is 5.65. The van der Waals surface area contributed by atoms with Gasteiger partial charge in [0.2, 0.25) is 0 Å². The second-order valence-corrected chi connectivity index (χ2v) is 7.07. The third kappa shape index (κ3) is 4.29. The highest BCUT2D eigenvalue weighted by molar-refractivity contribution is 8.04. The van der Waals surface area contributed by atoms with Crippen LogP contribution in [0.5, 0.6) is 0 Å². The van der Waals surface area contributed by atoms with Crippen molar-refractivity contribution in [2.75, 3.05) is 30.5 Å². The molecule has 0 unspecified atom stereocenters. The van der Waals surface area contributed by atoms with Gasteiger partial charge in [0.15, 0.2) is 0 Å². The number of piperidine rings is 1. The minimum absolute atomic E-state index is 0.336. The summed E-state index contributed by atoms with van der Waals surface area (Å²) < 4.78 is 0. The largest absolute Gasteiger partial charge is 0.368 e. The summed E-state index contributed by atoms with van der Waals surface area (Å²) in [5.41, 5.74) is 5.43. The van der Waals surface area contributed by atoms with Crippen molar-refractivity contribution in [3.8, 4) is 0 Å². The number of hydrogen-bond acceptors (Lipinski definition) is 5. The van der Waals surface area contributed by atoms with Crippen molar-refractivity contribution in [1.82, 2.24) is 5.48 Å². The predicted octanol–water partition coefficient (Wildman–Crippen LogP) is 3.97. The highest BCUT2D eigenvalue weighted by Gasteiger charge is 2.23. The molecule has 3 rings (SSSR count). The summed E-state index contributed by atoms with van der Waals surface area (Å²) in [5.74, 6) is 0.811. The van der Waals surface area contributed by atoms with Crippen molar-refractivity contribution < 1.29 is 4.84 Å². The third-order valence-electron chi connectivity index (χ3n) is 3.97. The predicted molar refractivity (Wildman–Crippen MR) is 100 cm³/mol. The van der Waals surface area contributed by atoms with Crippen LogP contribution in [0.4, 0.5) is 5.69 Å². The van der Waals surface area contributed by atoms with Crippen LogP contribution < -0.4 is 10.4 Å². The van der Waals surface area contributed by atoms with Crippen molar-refractivity contribution in [2.24, 2.45) is 4.99 Å². The molecular formula is C17H22ClN3OS. The van der Waals surface area contributed by atoms with E-state index in [2.05, 4.69) is 27.5 Å². The van der Waals surface area contributed by atoms with E-state index < -0.39 is 0 Å². The molecular weight excluding hydrogens is 330 g/mol. The Bertz CT molecular complexity index is 606. The standard InChI is InChI=1S/C17H22ClN3OS/c1-2-22-20-14-6-4-8-21(11-14)17-13(5-3-7-16(17)18)9-15-10-19-12-23-15/h3,5,7,9-10,14,20H,2,4,6,8,11-12H2,1H3/t14-/m1/s1. The molecule has 1 fully saturated rings. The Hall–Kier alpha value is -1.01. The summed E-state index contributed by atoms with van der Waals surface area (Å²) in [5, 5.41) is 0.802. The van der Waals surface area contributed by atoms with Gasteiger partial charge in [0, 0.05) is 35.8 Å². The highest BCUT2D eigenvalue weighted by atomic mass is 35.5. The van der Waals surface area contributed by atoms with Crippen molar-refractivity contribution >= 4 is 41.3 Å². The molecule has 1 atom stereocenters. The van der Waals surface area contributed by atoms with Gasteiger partial charge in [-0.15, -0.1) is 11.8 Å². The van der Waals surface area contributed by atoms with E-state index in [0.29, 0.717) is 12.6 Å². The van der Waals surface area contributed by atoms with Crippen molar-refractivity contribution in [3.63, 3.8) is 0 Å². The van der Waals surface area contributed by atoms with Gasteiger partial charge in [0.25, 0.3) is 0 Å². The molecule has 2 aliphatic heterocycles. The van der Waals surface area contributed by atoms with Gasteiger partial charge in [-0.25, -0.2) is 0 Å². The molecule has 0 bridgehead atoms. The Morgan fingerprint density at radius 3 is 3.22 bits per heavy atom. The van der Waals surface area contributed by atoms with Gasteiger partial charge in [0.1, 0.15) is 0 Å². The molecule has 4 nitrogen and oxygen atoms in total. The molecule has 0 saturated carbocycles. The number of halogens is 1. The molecule has 1 N–H and O–H groups in total. The molecule has 2 aliphatic rings. The zero-order chi connectivity index (χ0) is 16.1. The maximum atomic E-state index is 6.54. The Labute approximate surface area is 146 Å². The van der Waals surface area contributed by atoms with E-state index in [1.54, 1.807) is 11.8 Å². The topological polar surface area (TPSA) is 36.9 Å². The van der Waals surface area contributed by atoms with Gasteiger partial charge in [-0.3, -0.25) is 4.99 Å². The molecule has 2 heterocycles. The van der Waals surface area contributed by atoms with Gasteiger partial charge in [0.05, 0.1) is 23.2 Å². The van der Waals surface area contributed by atoms with Crippen molar-refractivity contribution in [3.05, 3.63) is 33.7 Å². The molecule has 1 saturated heterocycles. The molecule has 0 radical (unpaired) electrons. The first-order valence-electron chi connectivity index (χ1n) is 8.03. The minimum atomic E-state index is 0.336. The lowest BCUT2D eigenvalue weighted by molar-refractivity contribution is 0.0211. The van der Waals surface area contributed by atoms with Crippen LogP contribution in [-0.2, 0) is 4.84 Å². The molecule has 124 valence electrons. The van der Waals surface area contributed by atoms with Crippen molar-refractivity contribution in [1.29, 1.82) is 0 Å². The molecule has 6 heteroatoms. The van der Waals surface area contributed by atoms with Gasteiger partial charge in [-0.1, -0.05) is 23.7 Å². The number of thioether (sulfide) groups is 1. The Balaban J connectivity index is 1.83. The quantitative estimate of drug-likeness (QED) is 0.814. The number of para-hydroxylation sites is 1. The first-order chi connectivity index (χ1) is 11.3. The Kier molecular flexibility index (Phi) is 6.00. The highest BCUT2D eigenvalue weighted by Crippen LogP contribution is 2.35. The molecule has 1 aromatic rings. The van der Waals surface area contributed by atoms with Crippen LogP contribution in [0.25, 0.3) is 6.08 Å². The minimum Gasteiger partial charge on any atom is -0.368 e. The molecule has 0 spiro atoms. The van der Waals surface area contributed by atoms with Crippen LogP contribution in [0, 0.1) is 0 Å². The van der Waals surface area contributed by atoms with E-state index in [0.717, 1.165) is 48.1 Å². The fourth-order valence-electron chi connectivity index (χ4n) is 2.97. The summed E-state index contributed by atoms with van der Waals surface area (Å²) >= 11 is 8.29. The fourth-order valence-corrected chi connectivity index (χ4v) is 3.93. The first-order valence-corrected chi connectivity index (χ1v) is 9.39. The van der Waals surface area contributed by atoms with E-state index >= 15 is 0 Å². The number of anilines is 1. The molecule has 0 aliphatic carbocycles. The lowest BCUT2D eigenvalue weighted by atomic mass is 10.0. The smallest absolute Gasteiger partial charge is 0.0891 e. The number of aliphatic imine (C=N–C) groups is 1. The summed E-state index contributed by atoms with van der Waals surface area (Å²) in [6, 6.07) is 6.44. The number of hydroxylamine groups is 1. The van der Waals surface area contributed by atoms with Crippen LogP contribution in [-0.4, -0.2) is 37.8 Å². The zero-order valence-electron chi connectivity index (χ0n) is 13.3. The van der Waals surface area contributed by atoms with Crippen LogP contribution in [0.1, 0.15) is 25.3 Å². The average Bonchev–Trinajstić information content (AvgIpc) is 3.06. The zero-order valence-corrected chi connectivity index (χ0v) is 14.9. The van der Waals surface area contributed by atoms with E-state index in [-0.39, 0.29) is 0 Å². The maximum absolute atomic E-state index is 6.54. The normalized spacial score (nSPS) is 23.0. The first kappa shape index (κ1) is 16.8. The monoisotopic (exact) mass is 351 g/mol. The van der Waals surface area contributed by atoms with Crippen LogP contribution >= 0.6 is 23.4 Å². The number of benzene rings is 1. The summed E-state index contributed by atoms with van der Waals surface area (Å²) in [7, 11) is 0. The average molecular weight is 352 g/mol. The van der Waals surface area contributed by atoms with Gasteiger partial charge in [-0.2, -0.15) is 5.48 Å².